The van der Waals surface area contributed by atoms with Gasteiger partial charge in [0.1, 0.15) is 11.5 Å². The Kier molecular flexibility index (Phi) is 5.86. The molecular weight excluding hydrogens is 398 g/mol. The predicted octanol–water partition coefficient (Wildman–Crippen LogP) is 4.98. The minimum Gasteiger partial charge on any atom is -0.508 e. The summed E-state index contributed by atoms with van der Waals surface area (Å²) in [4.78, 5) is 32.3. The summed E-state index contributed by atoms with van der Waals surface area (Å²) in [5.74, 6) is -1.12. The van der Waals surface area contributed by atoms with Gasteiger partial charge in [-0.15, -0.1) is 11.3 Å². The Hall–Kier alpha value is -2.73. The number of Topliss-reactive ketones (excluding diaryl/α,β-unsaturated/α-hetero) is 1. The van der Waals surface area contributed by atoms with Crippen molar-refractivity contribution in [2.45, 2.75) is 44.9 Å². The first-order valence-electron chi connectivity index (χ1n) is 10.3. The van der Waals surface area contributed by atoms with E-state index in [1.165, 1.54) is 4.88 Å². The van der Waals surface area contributed by atoms with Gasteiger partial charge in [0, 0.05) is 34.5 Å². The number of allylic oxidation sites excluding steroid dienone is 1. The quantitative estimate of drug-likeness (QED) is 0.688. The molecular formula is C24H25NO4S. The van der Waals surface area contributed by atoms with Gasteiger partial charge in [-0.25, -0.2) is 4.79 Å². The van der Waals surface area contributed by atoms with Crippen LogP contribution in [0, 0.1) is 5.92 Å². The van der Waals surface area contributed by atoms with E-state index >= 15 is 0 Å². The van der Waals surface area contributed by atoms with Crippen LogP contribution >= 0.6 is 11.3 Å². The lowest BCUT2D eigenvalue weighted by Crippen LogP contribution is -2.41. The topological polar surface area (TPSA) is 76.0 Å². The summed E-state index contributed by atoms with van der Waals surface area (Å²) in [5.41, 5.74) is 2.57. The van der Waals surface area contributed by atoms with E-state index in [1.807, 2.05) is 24.4 Å². The summed E-state index contributed by atoms with van der Waals surface area (Å²) in [7, 11) is 0. The average Bonchev–Trinajstić information content (AvgIpc) is 3.25. The highest BCUT2D eigenvalue weighted by Crippen LogP contribution is 2.46. The number of benzene rings is 1. The molecule has 1 aromatic carbocycles. The van der Waals surface area contributed by atoms with Gasteiger partial charge in [-0.05, 0) is 48.9 Å². The van der Waals surface area contributed by atoms with E-state index in [0.29, 0.717) is 37.1 Å². The molecule has 2 aliphatic rings. The van der Waals surface area contributed by atoms with Crippen molar-refractivity contribution in [2.24, 2.45) is 10.9 Å². The second-order valence-electron chi connectivity index (χ2n) is 7.88. The number of hydrogen-bond acceptors (Lipinski definition) is 6. The summed E-state index contributed by atoms with van der Waals surface area (Å²) in [6, 6.07) is 10.9. The van der Waals surface area contributed by atoms with Crippen molar-refractivity contribution < 1.29 is 19.4 Å². The Balaban J connectivity index is 1.79. The number of carbonyl (C=O) groups is 2. The molecule has 2 aromatic rings. The van der Waals surface area contributed by atoms with E-state index in [-0.39, 0.29) is 17.5 Å². The van der Waals surface area contributed by atoms with Gasteiger partial charge in [0.05, 0.1) is 18.1 Å². The maximum atomic E-state index is 13.4. The van der Waals surface area contributed by atoms with Gasteiger partial charge >= 0.3 is 5.97 Å². The van der Waals surface area contributed by atoms with Crippen molar-refractivity contribution in [3.8, 4) is 5.75 Å². The number of thiophene rings is 1. The van der Waals surface area contributed by atoms with Gasteiger partial charge in [-0.3, -0.25) is 9.79 Å². The fourth-order valence-electron chi connectivity index (χ4n) is 4.52. The lowest BCUT2D eigenvalue weighted by molar-refractivity contribution is -0.139. The average molecular weight is 424 g/mol. The maximum absolute atomic E-state index is 13.4. The Morgan fingerprint density at radius 3 is 2.77 bits per heavy atom. The molecule has 156 valence electrons. The van der Waals surface area contributed by atoms with Crippen LogP contribution < -0.4 is 0 Å². The molecule has 4 rings (SSSR count). The van der Waals surface area contributed by atoms with E-state index in [0.717, 1.165) is 11.3 Å². The molecule has 1 aromatic heterocycles. The number of nitrogens with zero attached hydrogens (tertiary/aromatic N) is 1. The molecule has 6 heteroatoms. The fraction of sp³-hybridized carbons (Fsp3) is 0.375. The third-order valence-electron chi connectivity index (χ3n) is 5.79. The number of phenolic OH excluding ortho intramolecular Hbond substituents is 1. The molecule has 0 radical (unpaired) electrons. The number of esters is 1. The van der Waals surface area contributed by atoms with Crippen molar-refractivity contribution in [3.63, 3.8) is 0 Å². The van der Waals surface area contributed by atoms with Gasteiger partial charge in [-0.2, -0.15) is 0 Å². The van der Waals surface area contributed by atoms with Crippen molar-refractivity contribution >= 4 is 28.8 Å². The smallest absolute Gasteiger partial charge is 0.336 e. The molecule has 1 aliphatic carbocycles. The molecule has 5 nitrogen and oxygen atoms in total. The highest BCUT2D eigenvalue weighted by molar-refractivity contribution is 7.10. The zero-order valence-corrected chi connectivity index (χ0v) is 17.9. The van der Waals surface area contributed by atoms with Gasteiger partial charge in [0.2, 0.25) is 0 Å². The molecule has 0 unspecified atom stereocenters. The molecule has 0 spiro atoms. The fourth-order valence-corrected chi connectivity index (χ4v) is 5.35. The Labute approximate surface area is 180 Å². The van der Waals surface area contributed by atoms with Crippen LogP contribution in [0.25, 0.3) is 0 Å². The van der Waals surface area contributed by atoms with E-state index < -0.39 is 17.8 Å². The second-order valence-corrected chi connectivity index (χ2v) is 8.85. The van der Waals surface area contributed by atoms with E-state index in [9.17, 15) is 14.7 Å². The summed E-state index contributed by atoms with van der Waals surface area (Å²) in [5, 5.41) is 12.1. The molecule has 1 fully saturated rings. The van der Waals surface area contributed by atoms with Crippen molar-refractivity contribution in [1.29, 1.82) is 0 Å². The normalized spacial score (nSPS) is 23.7. The lowest BCUT2D eigenvalue weighted by atomic mass is 9.67. The second kappa shape index (κ2) is 8.56. The predicted molar refractivity (Wildman–Crippen MR) is 117 cm³/mol. The molecule has 0 saturated heterocycles. The van der Waals surface area contributed by atoms with Crippen LogP contribution in [0.3, 0.4) is 0 Å². The van der Waals surface area contributed by atoms with Crippen LogP contribution in [-0.4, -0.2) is 29.2 Å². The lowest BCUT2D eigenvalue weighted by Gasteiger charge is -2.38. The molecule has 1 saturated carbocycles. The summed E-state index contributed by atoms with van der Waals surface area (Å²) in [6.45, 7) is 4.06. The van der Waals surface area contributed by atoms with Gasteiger partial charge in [0.15, 0.2) is 0 Å². The van der Waals surface area contributed by atoms with E-state index in [4.69, 9.17) is 9.73 Å². The number of aromatic hydroxyl groups is 1. The number of phenols is 1. The standard InChI is InChI=1S/C24H25NO4S/c1-3-9-29-24(28)21-14(2)25-18-12-16(20-8-5-10-30-20)13-19(27)23(18)22(21)15-6-4-7-17(26)11-15/h4-8,10-11,16,22-23,26H,3,9,12-13H2,1-2H3/t16-,22+,23-/m1/s1. The summed E-state index contributed by atoms with van der Waals surface area (Å²) < 4.78 is 5.44. The molecule has 3 atom stereocenters. The highest BCUT2D eigenvalue weighted by atomic mass is 32.1. The number of rotatable bonds is 5. The van der Waals surface area contributed by atoms with Crippen LogP contribution in [0.4, 0.5) is 0 Å². The van der Waals surface area contributed by atoms with Crippen molar-refractivity contribution in [3.05, 3.63) is 63.5 Å². The van der Waals surface area contributed by atoms with Gasteiger partial charge in [-0.1, -0.05) is 25.1 Å². The first-order chi connectivity index (χ1) is 14.5. The van der Waals surface area contributed by atoms with Crippen molar-refractivity contribution in [2.75, 3.05) is 6.61 Å². The summed E-state index contributed by atoms with van der Waals surface area (Å²) in [6.07, 6.45) is 1.84. The highest BCUT2D eigenvalue weighted by Gasteiger charge is 2.46. The van der Waals surface area contributed by atoms with Crippen LogP contribution in [0.1, 0.15) is 55.4 Å². The maximum Gasteiger partial charge on any atom is 0.336 e. The number of ketones is 1. The minimum atomic E-state index is -0.504. The Morgan fingerprint density at radius 1 is 1.23 bits per heavy atom. The first kappa shape index (κ1) is 20.5. The molecule has 0 amide bonds. The van der Waals surface area contributed by atoms with E-state index in [2.05, 4.69) is 6.07 Å². The largest absolute Gasteiger partial charge is 0.508 e. The molecule has 0 bridgehead atoms. The number of hydrogen-bond donors (Lipinski definition) is 1. The number of fused-ring (bicyclic) bond motifs is 1. The molecule has 1 N–H and O–H groups in total. The third kappa shape index (κ3) is 3.84. The zero-order valence-electron chi connectivity index (χ0n) is 17.1. The molecule has 1 aliphatic heterocycles. The van der Waals surface area contributed by atoms with Crippen LogP contribution in [0.2, 0.25) is 0 Å². The zero-order chi connectivity index (χ0) is 21.3. The van der Waals surface area contributed by atoms with Gasteiger partial charge in [0.25, 0.3) is 0 Å². The Bertz CT molecular complexity index is 1020. The van der Waals surface area contributed by atoms with E-state index in [1.54, 1.807) is 36.5 Å². The number of carbonyl (C=O) groups excluding carboxylic acids is 2. The molecule has 2 heterocycles. The van der Waals surface area contributed by atoms with Crippen LogP contribution in [0.5, 0.6) is 5.75 Å². The number of ether oxygens (including phenoxy) is 1. The summed E-state index contributed by atoms with van der Waals surface area (Å²) >= 11 is 1.66. The van der Waals surface area contributed by atoms with Crippen LogP contribution in [-0.2, 0) is 14.3 Å². The SMILES string of the molecule is CCCOC(=O)C1=C(C)N=C2C[C@@H](c3cccs3)CC(=O)[C@@H]2[C@H]1c1cccc(O)c1. The Morgan fingerprint density at radius 2 is 2.07 bits per heavy atom. The monoisotopic (exact) mass is 423 g/mol. The van der Waals surface area contributed by atoms with Gasteiger partial charge < -0.3 is 9.84 Å². The first-order valence-corrected chi connectivity index (χ1v) is 11.2. The minimum absolute atomic E-state index is 0.0834. The van der Waals surface area contributed by atoms with Crippen LogP contribution in [0.15, 0.2) is 58.0 Å². The number of aliphatic imine (C=N–C) groups is 1. The molecule has 30 heavy (non-hydrogen) atoms. The van der Waals surface area contributed by atoms with Crippen molar-refractivity contribution in [1.82, 2.24) is 0 Å². The third-order valence-corrected chi connectivity index (χ3v) is 6.82.